The molecule has 0 aromatic heterocycles. The smallest absolute Gasteiger partial charge is 0.228 e. The molecule has 5 nitrogen and oxygen atoms in total. The van der Waals surface area contributed by atoms with Gasteiger partial charge in [0.2, 0.25) is 6.29 Å². The Morgan fingerprint density at radius 2 is 1.91 bits per heavy atom. The molecule has 0 N–H and O–H groups in total. The van der Waals surface area contributed by atoms with Crippen LogP contribution in [0.3, 0.4) is 0 Å². The Bertz CT molecular complexity index is 527. The minimum absolute atomic E-state index is 0.301. The Balaban J connectivity index is 1.75. The van der Waals surface area contributed by atoms with Gasteiger partial charge >= 0.3 is 0 Å². The zero-order valence-corrected chi connectivity index (χ0v) is 13.2. The Labute approximate surface area is 130 Å². The number of hydrogen-bond donors (Lipinski definition) is 0. The molecule has 0 unspecified atom stereocenters. The molecule has 2 heterocycles. The van der Waals surface area contributed by atoms with Gasteiger partial charge < -0.3 is 23.7 Å². The standard InChI is InChI=1S/C17H22O5/c1-11-13-14(22-17(2,3)21-13)15(16(18-4)20-11)19-10-12-8-6-5-7-9-12/h5-9,13-16H,1,10H2,2-4H3/t13-,14-,15+,16-/m0/s1. The second kappa shape index (κ2) is 6.01. The van der Waals surface area contributed by atoms with Gasteiger partial charge in [-0.15, -0.1) is 0 Å². The summed E-state index contributed by atoms with van der Waals surface area (Å²) in [5.41, 5.74) is 1.08. The van der Waals surface area contributed by atoms with Crippen molar-refractivity contribution in [2.24, 2.45) is 0 Å². The molecule has 2 aliphatic heterocycles. The maximum absolute atomic E-state index is 6.03. The molecule has 0 radical (unpaired) electrons. The fraction of sp³-hybridized carbons (Fsp3) is 0.529. The quantitative estimate of drug-likeness (QED) is 0.855. The predicted molar refractivity (Wildman–Crippen MR) is 79.9 cm³/mol. The van der Waals surface area contributed by atoms with Gasteiger partial charge in [-0.25, -0.2) is 0 Å². The molecule has 2 fully saturated rings. The van der Waals surface area contributed by atoms with E-state index in [0.717, 1.165) is 5.56 Å². The number of hydrogen-bond acceptors (Lipinski definition) is 5. The number of fused-ring (bicyclic) bond motifs is 1. The van der Waals surface area contributed by atoms with Crippen LogP contribution in [0.4, 0.5) is 0 Å². The molecule has 0 amide bonds. The highest BCUT2D eigenvalue weighted by atomic mass is 16.8. The molecular formula is C17H22O5. The van der Waals surface area contributed by atoms with Crippen LogP contribution in [0, 0.1) is 0 Å². The first-order chi connectivity index (χ1) is 10.5. The lowest BCUT2D eigenvalue weighted by Crippen LogP contribution is -2.52. The lowest BCUT2D eigenvalue weighted by Gasteiger charge is -2.38. The second-order valence-electron chi connectivity index (χ2n) is 5.97. The lowest BCUT2D eigenvalue weighted by atomic mass is 10.0. The highest BCUT2D eigenvalue weighted by molar-refractivity contribution is 5.14. The van der Waals surface area contributed by atoms with Crippen molar-refractivity contribution in [3.8, 4) is 0 Å². The van der Waals surface area contributed by atoms with Crippen molar-refractivity contribution in [2.45, 2.75) is 50.8 Å². The summed E-state index contributed by atoms with van der Waals surface area (Å²) in [5, 5.41) is 0. The third kappa shape index (κ3) is 3.03. The molecule has 3 rings (SSSR count). The number of methoxy groups -OCH3 is 1. The third-order valence-corrected chi connectivity index (χ3v) is 3.82. The Kier molecular flexibility index (Phi) is 4.23. The van der Waals surface area contributed by atoms with E-state index in [9.17, 15) is 0 Å². The van der Waals surface area contributed by atoms with Gasteiger partial charge in [-0.3, -0.25) is 0 Å². The van der Waals surface area contributed by atoms with E-state index in [4.69, 9.17) is 23.7 Å². The van der Waals surface area contributed by atoms with Crippen molar-refractivity contribution in [3.05, 3.63) is 48.2 Å². The van der Waals surface area contributed by atoms with Crippen molar-refractivity contribution in [1.29, 1.82) is 0 Å². The first-order valence-corrected chi connectivity index (χ1v) is 7.39. The van der Waals surface area contributed by atoms with Crippen molar-refractivity contribution in [1.82, 2.24) is 0 Å². The largest absolute Gasteiger partial charge is 0.464 e. The second-order valence-corrected chi connectivity index (χ2v) is 5.97. The molecule has 5 heteroatoms. The molecule has 0 saturated carbocycles. The number of benzene rings is 1. The molecule has 0 spiro atoms. The highest BCUT2D eigenvalue weighted by Gasteiger charge is 2.54. The summed E-state index contributed by atoms with van der Waals surface area (Å²) >= 11 is 0. The summed E-state index contributed by atoms with van der Waals surface area (Å²) in [6, 6.07) is 9.96. The fourth-order valence-electron chi connectivity index (χ4n) is 2.84. The van der Waals surface area contributed by atoms with E-state index < -0.39 is 12.1 Å². The summed E-state index contributed by atoms with van der Waals surface area (Å²) in [4.78, 5) is 0. The predicted octanol–water partition coefficient (Wildman–Crippen LogP) is 2.61. The molecule has 0 bridgehead atoms. The average molecular weight is 306 g/mol. The molecule has 22 heavy (non-hydrogen) atoms. The van der Waals surface area contributed by atoms with Crippen LogP contribution < -0.4 is 0 Å². The molecule has 1 aromatic carbocycles. The normalized spacial score (nSPS) is 33.3. The van der Waals surface area contributed by atoms with Gasteiger partial charge in [0.15, 0.2) is 5.79 Å². The van der Waals surface area contributed by atoms with Crippen LogP contribution in [0.5, 0.6) is 0 Å². The van der Waals surface area contributed by atoms with Crippen molar-refractivity contribution in [2.75, 3.05) is 7.11 Å². The molecule has 2 aliphatic rings. The summed E-state index contributed by atoms with van der Waals surface area (Å²) in [5.74, 6) is -0.180. The first kappa shape index (κ1) is 15.5. The van der Waals surface area contributed by atoms with Crippen LogP contribution >= 0.6 is 0 Å². The van der Waals surface area contributed by atoms with E-state index in [-0.39, 0.29) is 18.3 Å². The van der Waals surface area contributed by atoms with Gasteiger partial charge in [0.25, 0.3) is 0 Å². The van der Waals surface area contributed by atoms with E-state index in [0.29, 0.717) is 12.4 Å². The summed E-state index contributed by atoms with van der Waals surface area (Å²) in [6.45, 7) is 8.10. The first-order valence-electron chi connectivity index (χ1n) is 7.39. The van der Waals surface area contributed by atoms with Crippen LogP contribution in [0.15, 0.2) is 42.7 Å². The monoisotopic (exact) mass is 306 g/mol. The van der Waals surface area contributed by atoms with Crippen LogP contribution in [-0.2, 0) is 30.3 Å². The Hall–Kier alpha value is -1.40. The Morgan fingerprint density at radius 3 is 2.59 bits per heavy atom. The molecule has 4 atom stereocenters. The molecule has 1 aromatic rings. The minimum Gasteiger partial charge on any atom is -0.464 e. The molecule has 0 aliphatic carbocycles. The van der Waals surface area contributed by atoms with Crippen LogP contribution in [-0.4, -0.2) is 37.5 Å². The maximum Gasteiger partial charge on any atom is 0.228 e. The lowest BCUT2D eigenvalue weighted by molar-refractivity contribution is -0.237. The molecule has 120 valence electrons. The average Bonchev–Trinajstić information content (AvgIpc) is 2.83. The SMILES string of the molecule is C=C1O[C@H](OC)[C@H](OCc2ccccc2)[C@H]2OC(C)(C)O[C@@H]12. The number of rotatable bonds is 4. The zero-order chi connectivity index (χ0) is 15.7. The fourth-order valence-corrected chi connectivity index (χ4v) is 2.84. The van der Waals surface area contributed by atoms with Crippen LogP contribution in [0.1, 0.15) is 19.4 Å². The van der Waals surface area contributed by atoms with Crippen molar-refractivity contribution in [3.63, 3.8) is 0 Å². The minimum atomic E-state index is -0.696. The van der Waals surface area contributed by atoms with Crippen molar-refractivity contribution >= 4 is 0 Å². The topological polar surface area (TPSA) is 46.2 Å². The summed E-state index contributed by atoms with van der Waals surface area (Å²) in [7, 11) is 1.58. The van der Waals surface area contributed by atoms with Crippen LogP contribution in [0.2, 0.25) is 0 Å². The summed E-state index contributed by atoms with van der Waals surface area (Å²) < 4.78 is 29.0. The third-order valence-electron chi connectivity index (χ3n) is 3.82. The van der Waals surface area contributed by atoms with Gasteiger partial charge in [0.05, 0.1) is 6.61 Å². The Morgan fingerprint density at radius 1 is 1.18 bits per heavy atom. The van der Waals surface area contributed by atoms with Gasteiger partial charge in [-0.05, 0) is 19.4 Å². The van der Waals surface area contributed by atoms with E-state index >= 15 is 0 Å². The van der Waals surface area contributed by atoms with Gasteiger partial charge in [-0.2, -0.15) is 0 Å². The molecular weight excluding hydrogens is 284 g/mol. The van der Waals surface area contributed by atoms with Gasteiger partial charge in [-0.1, -0.05) is 36.9 Å². The van der Waals surface area contributed by atoms with E-state index in [2.05, 4.69) is 6.58 Å². The number of ether oxygens (including phenoxy) is 5. The summed E-state index contributed by atoms with van der Waals surface area (Å²) in [6.07, 6.45) is -1.59. The van der Waals surface area contributed by atoms with E-state index in [1.165, 1.54) is 0 Å². The molecule has 2 saturated heterocycles. The van der Waals surface area contributed by atoms with Gasteiger partial charge in [0.1, 0.15) is 24.1 Å². The van der Waals surface area contributed by atoms with E-state index in [1.807, 2.05) is 44.2 Å². The maximum atomic E-state index is 6.03. The highest BCUT2D eigenvalue weighted by Crippen LogP contribution is 2.39. The zero-order valence-electron chi connectivity index (χ0n) is 13.2. The van der Waals surface area contributed by atoms with E-state index in [1.54, 1.807) is 7.11 Å². The van der Waals surface area contributed by atoms with Crippen molar-refractivity contribution < 1.29 is 23.7 Å². The van der Waals surface area contributed by atoms with Gasteiger partial charge in [0, 0.05) is 7.11 Å². The van der Waals surface area contributed by atoms with Crippen LogP contribution in [0.25, 0.3) is 0 Å².